The zero-order valence-electron chi connectivity index (χ0n) is 7.77. The summed E-state index contributed by atoms with van der Waals surface area (Å²) in [5.41, 5.74) is 0. The second-order valence-corrected chi connectivity index (χ2v) is 2.82. The number of halogens is 3. The van der Waals surface area contributed by atoms with Gasteiger partial charge in [0.1, 0.15) is 6.54 Å². The van der Waals surface area contributed by atoms with Crippen LogP contribution < -0.4 is 5.32 Å². The van der Waals surface area contributed by atoms with Crippen molar-refractivity contribution < 1.29 is 18.0 Å². The van der Waals surface area contributed by atoms with Gasteiger partial charge in [-0.1, -0.05) is 0 Å². The molecule has 0 spiro atoms. The smallest absolute Gasteiger partial charge is 0.335 e. The van der Waals surface area contributed by atoms with Crippen molar-refractivity contribution in [2.45, 2.75) is 19.1 Å². The number of nitrogens with one attached hydrogen (secondary N) is 1. The molecule has 1 N–H and O–H groups in total. The SMILES string of the molecule is CNC(C)C(=O)N(C)CC(F)(F)F. The Kier molecular flexibility index (Phi) is 4.19. The van der Waals surface area contributed by atoms with Crippen molar-refractivity contribution in [3.63, 3.8) is 0 Å². The lowest BCUT2D eigenvalue weighted by Crippen LogP contribution is -2.45. The van der Waals surface area contributed by atoms with E-state index in [1.807, 2.05) is 0 Å². The molecular formula is C7H13F3N2O. The summed E-state index contributed by atoms with van der Waals surface area (Å²) in [6, 6.07) is -0.590. The van der Waals surface area contributed by atoms with Crippen LogP contribution in [0.15, 0.2) is 0 Å². The van der Waals surface area contributed by atoms with E-state index in [0.29, 0.717) is 4.90 Å². The van der Waals surface area contributed by atoms with Crippen molar-refractivity contribution in [1.29, 1.82) is 0 Å². The molecule has 78 valence electrons. The highest BCUT2D eigenvalue weighted by atomic mass is 19.4. The van der Waals surface area contributed by atoms with Crippen molar-refractivity contribution >= 4 is 5.91 Å². The van der Waals surface area contributed by atoms with Crippen LogP contribution in [-0.4, -0.2) is 43.7 Å². The topological polar surface area (TPSA) is 32.3 Å². The molecule has 0 aromatic rings. The first-order chi connectivity index (χ1) is 5.78. The number of hydrogen-bond acceptors (Lipinski definition) is 2. The Morgan fingerprint density at radius 3 is 2.31 bits per heavy atom. The van der Waals surface area contributed by atoms with Crippen molar-refractivity contribution in [3.05, 3.63) is 0 Å². The highest BCUT2D eigenvalue weighted by Crippen LogP contribution is 2.15. The molecule has 1 unspecified atom stereocenters. The molecule has 6 heteroatoms. The van der Waals surface area contributed by atoms with Gasteiger partial charge in [0.2, 0.25) is 5.91 Å². The summed E-state index contributed by atoms with van der Waals surface area (Å²) in [5, 5.41) is 2.57. The monoisotopic (exact) mass is 198 g/mol. The number of likely N-dealkylation sites (N-methyl/N-ethyl adjacent to an activating group) is 2. The molecule has 0 saturated carbocycles. The van der Waals surface area contributed by atoms with Gasteiger partial charge in [0, 0.05) is 7.05 Å². The Labute approximate surface area is 74.9 Å². The van der Waals surface area contributed by atoms with Crippen LogP contribution in [0.5, 0.6) is 0 Å². The molecule has 0 rings (SSSR count). The molecule has 0 heterocycles. The predicted molar refractivity (Wildman–Crippen MR) is 42.2 cm³/mol. The number of alkyl halides is 3. The Hall–Kier alpha value is -0.780. The van der Waals surface area contributed by atoms with Crippen molar-refractivity contribution in [1.82, 2.24) is 10.2 Å². The molecule has 13 heavy (non-hydrogen) atoms. The van der Waals surface area contributed by atoms with Gasteiger partial charge in [0.05, 0.1) is 6.04 Å². The molecule has 0 aromatic heterocycles. The molecule has 0 aliphatic carbocycles. The second-order valence-electron chi connectivity index (χ2n) is 2.82. The average Bonchev–Trinajstić information content (AvgIpc) is 1.98. The van der Waals surface area contributed by atoms with E-state index in [1.54, 1.807) is 0 Å². The maximum absolute atomic E-state index is 11.8. The largest absolute Gasteiger partial charge is 0.406 e. The summed E-state index contributed by atoms with van der Waals surface area (Å²) in [6.45, 7) is 0.299. The molecule has 1 amide bonds. The van der Waals surface area contributed by atoms with Crippen molar-refractivity contribution in [2.75, 3.05) is 20.6 Å². The second kappa shape index (κ2) is 4.45. The summed E-state index contributed by atoms with van der Waals surface area (Å²) in [5.74, 6) is -0.570. The van der Waals surface area contributed by atoms with Gasteiger partial charge in [-0.2, -0.15) is 13.2 Å². The summed E-state index contributed by atoms with van der Waals surface area (Å²) in [4.78, 5) is 11.8. The summed E-state index contributed by atoms with van der Waals surface area (Å²) in [7, 11) is 2.65. The molecular weight excluding hydrogens is 185 g/mol. The zero-order valence-corrected chi connectivity index (χ0v) is 7.77. The van der Waals surface area contributed by atoms with Gasteiger partial charge in [-0.3, -0.25) is 4.79 Å². The van der Waals surface area contributed by atoms with E-state index in [2.05, 4.69) is 5.32 Å². The highest BCUT2D eigenvalue weighted by molar-refractivity contribution is 5.81. The first kappa shape index (κ1) is 12.2. The van der Waals surface area contributed by atoms with Gasteiger partial charge in [0.15, 0.2) is 0 Å². The predicted octanol–water partition coefficient (Wildman–Crippen LogP) is 0.615. The lowest BCUT2D eigenvalue weighted by molar-refractivity contribution is -0.159. The Balaban J connectivity index is 4.12. The maximum atomic E-state index is 11.8. The minimum Gasteiger partial charge on any atom is -0.335 e. The van der Waals surface area contributed by atoms with Gasteiger partial charge < -0.3 is 10.2 Å². The van der Waals surface area contributed by atoms with Gasteiger partial charge >= 0.3 is 6.18 Å². The lowest BCUT2D eigenvalue weighted by Gasteiger charge is -2.22. The summed E-state index contributed by atoms with van der Waals surface area (Å²) < 4.78 is 35.5. The van der Waals surface area contributed by atoms with Crippen LogP contribution in [0, 0.1) is 0 Å². The number of nitrogens with zero attached hydrogens (tertiary/aromatic N) is 1. The molecule has 0 radical (unpaired) electrons. The normalized spacial score (nSPS) is 14.0. The fourth-order valence-corrected chi connectivity index (χ4v) is 0.801. The number of carbonyl (C=O) groups is 1. The van der Waals surface area contributed by atoms with Gasteiger partial charge in [-0.05, 0) is 14.0 Å². The molecule has 0 aromatic carbocycles. The molecule has 1 atom stereocenters. The van der Waals surface area contributed by atoms with Gasteiger partial charge in [-0.15, -0.1) is 0 Å². The fraction of sp³-hybridized carbons (Fsp3) is 0.857. The van der Waals surface area contributed by atoms with Crippen LogP contribution in [0.4, 0.5) is 13.2 Å². The summed E-state index contributed by atoms with van der Waals surface area (Å²) in [6.07, 6.45) is -4.34. The lowest BCUT2D eigenvalue weighted by atomic mass is 10.3. The zero-order chi connectivity index (χ0) is 10.6. The highest BCUT2D eigenvalue weighted by Gasteiger charge is 2.32. The molecule has 0 aliphatic rings. The number of amides is 1. The van der Waals surface area contributed by atoms with Crippen LogP contribution >= 0.6 is 0 Å². The number of carbonyl (C=O) groups excluding carboxylic acids is 1. The molecule has 0 bridgehead atoms. The molecule has 0 saturated heterocycles. The maximum Gasteiger partial charge on any atom is 0.406 e. The standard InChI is InChI=1S/C7H13F3N2O/c1-5(11-2)6(13)12(3)4-7(8,9)10/h5,11H,4H2,1-3H3. The third-order valence-electron chi connectivity index (χ3n) is 1.60. The third kappa shape index (κ3) is 4.72. The number of hydrogen-bond donors (Lipinski definition) is 1. The quantitative estimate of drug-likeness (QED) is 0.720. The minimum atomic E-state index is -4.34. The Morgan fingerprint density at radius 1 is 1.54 bits per heavy atom. The van der Waals surface area contributed by atoms with Crippen molar-refractivity contribution in [2.24, 2.45) is 0 Å². The first-order valence-corrected chi connectivity index (χ1v) is 3.77. The van der Waals surface area contributed by atoms with Gasteiger partial charge in [-0.25, -0.2) is 0 Å². The van der Waals surface area contributed by atoms with Gasteiger partial charge in [0.25, 0.3) is 0 Å². The van der Waals surface area contributed by atoms with E-state index in [-0.39, 0.29) is 0 Å². The van der Waals surface area contributed by atoms with E-state index in [4.69, 9.17) is 0 Å². The average molecular weight is 198 g/mol. The minimum absolute atomic E-state index is 0.570. The third-order valence-corrected chi connectivity index (χ3v) is 1.60. The van der Waals surface area contributed by atoms with E-state index in [9.17, 15) is 18.0 Å². The molecule has 0 fully saturated rings. The van der Waals surface area contributed by atoms with Crippen LogP contribution in [0.1, 0.15) is 6.92 Å². The van der Waals surface area contributed by atoms with Crippen LogP contribution in [0.2, 0.25) is 0 Å². The molecule has 0 aliphatic heterocycles. The Morgan fingerprint density at radius 2 is 2.00 bits per heavy atom. The van der Waals surface area contributed by atoms with E-state index >= 15 is 0 Å². The van der Waals surface area contributed by atoms with Crippen LogP contribution in [0.3, 0.4) is 0 Å². The van der Waals surface area contributed by atoms with Crippen LogP contribution in [-0.2, 0) is 4.79 Å². The number of rotatable bonds is 3. The summed E-state index contributed by atoms with van der Waals surface area (Å²) >= 11 is 0. The Bertz CT molecular complexity index is 181. The van der Waals surface area contributed by atoms with E-state index < -0.39 is 24.7 Å². The van der Waals surface area contributed by atoms with E-state index in [0.717, 1.165) is 7.05 Å². The van der Waals surface area contributed by atoms with Crippen molar-refractivity contribution in [3.8, 4) is 0 Å². The molecule has 3 nitrogen and oxygen atoms in total. The fourth-order valence-electron chi connectivity index (χ4n) is 0.801. The first-order valence-electron chi connectivity index (χ1n) is 3.77. The van der Waals surface area contributed by atoms with E-state index in [1.165, 1.54) is 14.0 Å². The van der Waals surface area contributed by atoms with Crippen LogP contribution in [0.25, 0.3) is 0 Å².